The zero-order chi connectivity index (χ0) is 13.7. The van der Waals surface area contributed by atoms with Crippen LogP contribution in [0, 0.1) is 12.8 Å². The molecule has 0 aliphatic heterocycles. The Labute approximate surface area is 109 Å². The van der Waals surface area contributed by atoms with Crippen LogP contribution in [-0.2, 0) is 4.79 Å². The summed E-state index contributed by atoms with van der Waals surface area (Å²) in [6.07, 6.45) is 0. The number of nitrogens with one attached hydrogen (secondary N) is 2. The van der Waals surface area contributed by atoms with Crippen LogP contribution in [0.4, 0.5) is 5.13 Å². The van der Waals surface area contributed by atoms with Crippen LogP contribution >= 0.6 is 11.3 Å². The number of thiazole rings is 1. The van der Waals surface area contributed by atoms with E-state index in [1.54, 1.807) is 6.92 Å². The average Bonchev–Trinajstić information content (AvgIpc) is 2.65. The Kier molecular flexibility index (Phi) is 5.08. The molecule has 0 bridgehead atoms. The van der Waals surface area contributed by atoms with Gasteiger partial charge in [-0.05, 0) is 12.8 Å². The number of amides is 1. The first kappa shape index (κ1) is 14.4. The Balaban J connectivity index is 2.46. The third-order valence-electron chi connectivity index (χ3n) is 2.10. The van der Waals surface area contributed by atoms with Crippen molar-refractivity contribution in [3.63, 3.8) is 0 Å². The second kappa shape index (κ2) is 6.34. The molecule has 0 aliphatic rings. The van der Waals surface area contributed by atoms with Gasteiger partial charge < -0.3 is 15.7 Å². The van der Waals surface area contributed by atoms with Crippen LogP contribution in [-0.4, -0.2) is 35.1 Å². The number of carboxylic acids is 1. The highest BCUT2D eigenvalue weighted by Crippen LogP contribution is 2.21. The van der Waals surface area contributed by atoms with Crippen molar-refractivity contribution in [1.29, 1.82) is 0 Å². The summed E-state index contributed by atoms with van der Waals surface area (Å²) in [6, 6.07) is 0. The SMILES string of the molecule is Cc1nc(NCC(=O)NCC(C)C)sc1C(=O)O. The second-order valence-corrected chi connectivity index (χ2v) is 5.29. The number of hydrogen-bond donors (Lipinski definition) is 3. The fraction of sp³-hybridized carbons (Fsp3) is 0.545. The molecule has 0 aliphatic carbocycles. The van der Waals surface area contributed by atoms with E-state index in [9.17, 15) is 9.59 Å². The van der Waals surface area contributed by atoms with Gasteiger partial charge >= 0.3 is 5.97 Å². The van der Waals surface area contributed by atoms with Crippen LogP contribution in [0.1, 0.15) is 29.2 Å². The van der Waals surface area contributed by atoms with Crippen molar-refractivity contribution in [2.45, 2.75) is 20.8 Å². The van der Waals surface area contributed by atoms with E-state index in [1.807, 2.05) is 13.8 Å². The Morgan fingerprint density at radius 2 is 2.11 bits per heavy atom. The molecule has 6 nitrogen and oxygen atoms in total. The first-order valence-electron chi connectivity index (χ1n) is 5.61. The van der Waals surface area contributed by atoms with Crippen molar-refractivity contribution in [2.75, 3.05) is 18.4 Å². The van der Waals surface area contributed by atoms with Gasteiger partial charge in [0.15, 0.2) is 5.13 Å². The smallest absolute Gasteiger partial charge is 0.347 e. The molecule has 1 heterocycles. The molecule has 1 aromatic rings. The number of aryl methyl sites for hydroxylation is 1. The van der Waals surface area contributed by atoms with Crippen LogP contribution in [0.25, 0.3) is 0 Å². The highest BCUT2D eigenvalue weighted by atomic mass is 32.1. The van der Waals surface area contributed by atoms with Gasteiger partial charge in [-0.25, -0.2) is 9.78 Å². The number of aromatic carboxylic acids is 1. The molecule has 1 aromatic heterocycles. The molecule has 18 heavy (non-hydrogen) atoms. The summed E-state index contributed by atoms with van der Waals surface area (Å²) in [5.74, 6) is -0.731. The van der Waals surface area contributed by atoms with Crippen molar-refractivity contribution >= 4 is 28.3 Å². The molecule has 0 atom stereocenters. The van der Waals surface area contributed by atoms with E-state index in [4.69, 9.17) is 5.11 Å². The van der Waals surface area contributed by atoms with Gasteiger partial charge in [0.05, 0.1) is 12.2 Å². The Morgan fingerprint density at radius 1 is 1.44 bits per heavy atom. The molecule has 1 amide bonds. The quantitative estimate of drug-likeness (QED) is 0.726. The molecule has 0 saturated carbocycles. The van der Waals surface area contributed by atoms with Gasteiger partial charge in [-0.1, -0.05) is 25.2 Å². The van der Waals surface area contributed by atoms with Gasteiger partial charge in [-0.15, -0.1) is 0 Å². The van der Waals surface area contributed by atoms with Crippen molar-refractivity contribution in [3.05, 3.63) is 10.6 Å². The van der Waals surface area contributed by atoms with Crippen LogP contribution in [0.3, 0.4) is 0 Å². The number of aromatic nitrogens is 1. The molecule has 0 aromatic carbocycles. The fourth-order valence-electron chi connectivity index (χ4n) is 1.21. The summed E-state index contributed by atoms with van der Waals surface area (Å²) < 4.78 is 0. The third kappa shape index (κ3) is 4.33. The van der Waals surface area contributed by atoms with E-state index in [1.165, 1.54) is 0 Å². The van der Waals surface area contributed by atoms with Gasteiger partial charge in [0.25, 0.3) is 0 Å². The molecule has 1 rings (SSSR count). The van der Waals surface area contributed by atoms with Gasteiger partial charge in [0.1, 0.15) is 4.88 Å². The average molecular weight is 271 g/mol. The molecular weight excluding hydrogens is 254 g/mol. The van der Waals surface area contributed by atoms with Gasteiger partial charge in [-0.2, -0.15) is 0 Å². The predicted octanol–water partition coefficient (Wildman–Crippen LogP) is 1.33. The molecule has 100 valence electrons. The van der Waals surface area contributed by atoms with E-state index in [2.05, 4.69) is 15.6 Å². The Hall–Kier alpha value is -1.63. The van der Waals surface area contributed by atoms with Crippen LogP contribution in [0.5, 0.6) is 0 Å². The topological polar surface area (TPSA) is 91.3 Å². The molecule has 0 radical (unpaired) electrons. The molecule has 3 N–H and O–H groups in total. The monoisotopic (exact) mass is 271 g/mol. The lowest BCUT2D eigenvalue weighted by Crippen LogP contribution is -2.32. The molecule has 0 saturated heterocycles. The minimum absolute atomic E-state index is 0.0960. The first-order chi connectivity index (χ1) is 8.40. The predicted molar refractivity (Wildman–Crippen MR) is 70.1 cm³/mol. The van der Waals surface area contributed by atoms with Gasteiger partial charge in [0.2, 0.25) is 5.91 Å². The van der Waals surface area contributed by atoms with Gasteiger partial charge in [-0.3, -0.25) is 4.79 Å². The number of carboxylic acid groups (broad SMARTS) is 1. The maximum Gasteiger partial charge on any atom is 0.347 e. The number of hydrogen-bond acceptors (Lipinski definition) is 5. The molecule has 0 fully saturated rings. The zero-order valence-electron chi connectivity index (χ0n) is 10.6. The number of rotatable bonds is 6. The highest BCUT2D eigenvalue weighted by molar-refractivity contribution is 7.17. The van der Waals surface area contributed by atoms with E-state index in [0.29, 0.717) is 23.3 Å². The largest absolute Gasteiger partial charge is 0.477 e. The first-order valence-corrected chi connectivity index (χ1v) is 6.43. The number of nitrogens with zero attached hydrogens (tertiary/aromatic N) is 1. The molecule has 0 unspecified atom stereocenters. The van der Waals surface area contributed by atoms with Crippen LogP contribution in [0.15, 0.2) is 0 Å². The van der Waals surface area contributed by atoms with Gasteiger partial charge in [0, 0.05) is 6.54 Å². The van der Waals surface area contributed by atoms with E-state index >= 15 is 0 Å². The molecular formula is C11H17N3O3S. The third-order valence-corrected chi connectivity index (χ3v) is 3.20. The van der Waals surface area contributed by atoms with E-state index < -0.39 is 5.97 Å². The molecule has 7 heteroatoms. The lowest BCUT2D eigenvalue weighted by Gasteiger charge is -2.07. The van der Waals surface area contributed by atoms with Crippen LogP contribution in [0.2, 0.25) is 0 Å². The fourth-order valence-corrected chi connectivity index (χ4v) is 2.01. The zero-order valence-corrected chi connectivity index (χ0v) is 11.4. The summed E-state index contributed by atoms with van der Waals surface area (Å²) in [7, 11) is 0. The number of anilines is 1. The van der Waals surface area contributed by atoms with E-state index in [-0.39, 0.29) is 17.3 Å². The summed E-state index contributed by atoms with van der Waals surface area (Å²) in [6.45, 7) is 6.37. The Bertz CT molecular complexity index is 443. The lowest BCUT2D eigenvalue weighted by molar-refractivity contribution is -0.119. The summed E-state index contributed by atoms with van der Waals surface area (Å²) in [5.41, 5.74) is 0.456. The van der Waals surface area contributed by atoms with Crippen molar-refractivity contribution in [2.24, 2.45) is 5.92 Å². The summed E-state index contributed by atoms with van der Waals surface area (Å²) >= 11 is 1.03. The van der Waals surface area contributed by atoms with Crippen LogP contribution < -0.4 is 10.6 Å². The number of carbonyl (C=O) groups excluding carboxylic acids is 1. The summed E-state index contributed by atoms with van der Waals surface area (Å²) in [5, 5.41) is 14.9. The van der Waals surface area contributed by atoms with Crippen molar-refractivity contribution in [3.8, 4) is 0 Å². The normalized spacial score (nSPS) is 10.4. The Morgan fingerprint density at radius 3 is 2.61 bits per heavy atom. The maximum atomic E-state index is 11.4. The second-order valence-electron chi connectivity index (χ2n) is 4.29. The van der Waals surface area contributed by atoms with Crippen molar-refractivity contribution in [1.82, 2.24) is 10.3 Å². The minimum atomic E-state index is -0.998. The summed E-state index contributed by atoms with van der Waals surface area (Å²) in [4.78, 5) is 26.5. The molecule has 0 spiro atoms. The highest BCUT2D eigenvalue weighted by Gasteiger charge is 2.14. The van der Waals surface area contributed by atoms with Crippen molar-refractivity contribution < 1.29 is 14.7 Å². The minimum Gasteiger partial charge on any atom is -0.477 e. The van der Waals surface area contributed by atoms with E-state index in [0.717, 1.165) is 11.3 Å². The lowest BCUT2D eigenvalue weighted by atomic mass is 10.2. The number of carbonyl (C=O) groups is 2. The maximum absolute atomic E-state index is 11.4. The standard InChI is InChI=1S/C11H17N3O3S/c1-6(2)4-12-8(15)5-13-11-14-7(3)9(18-11)10(16)17/h6H,4-5H2,1-3H3,(H,12,15)(H,13,14)(H,16,17).